The van der Waals surface area contributed by atoms with Crippen molar-refractivity contribution in [1.82, 2.24) is 9.88 Å². The Morgan fingerprint density at radius 3 is 2.76 bits per heavy atom. The first kappa shape index (κ1) is 16.1. The lowest BCUT2D eigenvalue weighted by Gasteiger charge is -2.31. The quantitative estimate of drug-likeness (QED) is 0.647. The van der Waals surface area contributed by atoms with Gasteiger partial charge in [-0.25, -0.2) is 10.8 Å². The number of hydrogen-bond donors (Lipinski definition) is 2. The molecule has 5 nitrogen and oxygen atoms in total. The number of nitrogens with two attached hydrogens (primary N) is 1. The third-order valence-electron chi connectivity index (χ3n) is 3.52. The molecule has 21 heavy (non-hydrogen) atoms. The lowest BCUT2D eigenvalue weighted by atomic mass is 9.90. The highest BCUT2D eigenvalue weighted by Crippen LogP contribution is 2.25. The van der Waals surface area contributed by atoms with Crippen molar-refractivity contribution in [3.05, 3.63) is 23.4 Å². The molecule has 0 saturated carbocycles. The van der Waals surface area contributed by atoms with E-state index in [9.17, 15) is 4.79 Å². The molecule has 1 unspecified atom stereocenters. The molecule has 0 aromatic carbocycles. The molecule has 3 N–H and O–H groups in total. The Kier molecular flexibility index (Phi) is 4.78. The smallest absolute Gasteiger partial charge is 0.254 e. The summed E-state index contributed by atoms with van der Waals surface area (Å²) in [6.07, 6.45) is 0. The fourth-order valence-electron chi connectivity index (χ4n) is 2.30. The maximum absolute atomic E-state index is 12.7. The first-order valence-corrected chi connectivity index (χ1v) is 8.26. The molecular weight excluding hydrogens is 284 g/mol. The summed E-state index contributed by atoms with van der Waals surface area (Å²) in [5, 5.41) is 0.485. The third-order valence-corrected chi connectivity index (χ3v) is 4.65. The van der Waals surface area contributed by atoms with Crippen LogP contribution in [0.25, 0.3) is 0 Å². The van der Waals surface area contributed by atoms with Gasteiger partial charge in [0.2, 0.25) is 0 Å². The van der Waals surface area contributed by atoms with Gasteiger partial charge in [0.25, 0.3) is 5.91 Å². The number of rotatable bonds is 2. The summed E-state index contributed by atoms with van der Waals surface area (Å²) in [6, 6.07) is 3.61. The van der Waals surface area contributed by atoms with Crippen LogP contribution >= 0.6 is 11.8 Å². The Hall–Kier alpha value is -1.27. The van der Waals surface area contributed by atoms with Gasteiger partial charge in [0.05, 0.1) is 0 Å². The number of amides is 1. The van der Waals surface area contributed by atoms with Crippen molar-refractivity contribution < 1.29 is 4.79 Å². The molecule has 0 spiro atoms. The highest BCUT2D eigenvalue weighted by molar-refractivity contribution is 7.99. The summed E-state index contributed by atoms with van der Waals surface area (Å²) < 4.78 is 0. The molecule has 0 radical (unpaired) electrons. The van der Waals surface area contributed by atoms with E-state index in [0.717, 1.165) is 24.5 Å². The zero-order valence-electron chi connectivity index (χ0n) is 13.1. The van der Waals surface area contributed by atoms with E-state index in [0.29, 0.717) is 16.6 Å². The maximum atomic E-state index is 12.7. The summed E-state index contributed by atoms with van der Waals surface area (Å²) >= 11 is 1.91. The number of anilines is 1. The summed E-state index contributed by atoms with van der Waals surface area (Å²) in [5.41, 5.74) is 3.94. The van der Waals surface area contributed by atoms with Crippen molar-refractivity contribution in [2.24, 2.45) is 5.84 Å². The first-order valence-electron chi connectivity index (χ1n) is 7.21. The van der Waals surface area contributed by atoms with E-state index in [-0.39, 0.29) is 11.3 Å². The molecule has 1 aliphatic heterocycles. The molecule has 1 amide bonds. The number of aromatic nitrogens is 1. The average molecular weight is 308 g/mol. The van der Waals surface area contributed by atoms with Crippen LogP contribution in [0.5, 0.6) is 0 Å². The minimum atomic E-state index is -0.132. The number of nitrogens with one attached hydrogen (secondary N) is 1. The Balaban J connectivity index is 2.31. The molecule has 116 valence electrons. The summed E-state index contributed by atoms with van der Waals surface area (Å²) in [6.45, 7) is 9.97. The second kappa shape index (κ2) is 6.23. The minimum absolute atomic E-state index is 0.0616. The van der Waals surface area contributed by atoms with Crippen LogP contribution in [0.3, 0.4) is 0 Å². The largest absolute Gasteiger partial charge is 0.337 e. The van der Waals surface area contributed by atoms with Crippen LogP contribution in [0.15, 0.2) is 12.1 Å². The van der Waals surface area contributed by atoms with Crippen molar-refractivity contribution in [1.29, 1.82) is 0 Å². The molecule has 1 fully saturated rings. The molecule has 6 heteroatoms. The van der Waals surface area contributed by atoms with Crippen LogP contribution < -0.4 is 11.3 Å². The molecule has 2 rings (SSSR count). The van der Waals surface area contributed by atoms with Gasteiger partial charge >= 0.3 is 0 Å². The van der Waals surface area contributed by atoms with Crippen molar-refractivity contribution >= 4 is 23.5 Å². The van der Waals surface area contributed by atoms with E-state index in [2.05, 4.69) is 38.1 Å². The maximum Gasteiger partial charge on any atom is 0.254 e. The lowest BCUT2D eigenvalue weighted by molar-refractivity contribution is 0.0763. The van der Waals surface area contributed by atoms with Crippen molar-refractivity contribution in [2.75, 3.05) is 24.3 Å². The van der Waals surface area contributed by atoms with Gasteiger partial charge in [0, 0.05) is 40.8 Å². The first-order chi connectivity index (χ1) is 9.81. The summed E-state index contributed by atoms with van der Waals surface area (Å²) in [7, 11) is 0. The minimum Gasteiger partial charge on any atom is -0.337 e. The number of carbonyl (C=O) groups is 1. The van der Waals surface area contributed by atoms with Gasteiger partial charge in [-0.05, 0) is 12.1 Å². The lowest BCUT2D eigenvalue weighted by Crippen LogP contribution is -2.41. The average Bonchev–Trinajstić information content (AvgIpc) is 2.45. The predicted octanol–water partition coefficient (Wildman–Crippen LogP) is 2.24. The van der Waals surface area contributed by atoms with Crippen LogP contribution in [0.1, 0.15) is 43.7 Å². The fourth-order valence-corrected chi connectivity index (χ4v) is 3.31. The monoisotopic (exact) mass is 308 g/mol. The van der Waals surface area contributed by atoms with Crippen LogP contribution in [-0.2, 0) is 5.41 Å². The predicted molar refractivity (Wildman–Crippen MR) is 88.6 cm³/mol. The van der Waals surface area contributed by atoms with Crippen LogP contribution in [0.4, 0.5) is 5.82 Å². The SMILES string of the molecule is CC1CN(C(=O)c2cc(NN)nc(C(C)(C)C)c2)CCS1. The van der Waals surface area contributed by atoms with Gasteiger partial charge in [0.15, 0.2) is 0 Å². The molecule has 1 aliphatic rings. The highest BCUT2D eigenvalue weighted by Gasteiger charge is 2.25. The molecular formula is C15H24N4OS. The summed E-state index contributed by atoms with van der Waals surface area (Å²) in [5.74, 6) is 7.08. The number of nitrogen functional groups attached to an aromatic ring is 1. The van der Waals surface area contributed by atoms with Crippen molar-refractivity contribution in [3.63, 3.8) is 0 Å². The van der Waals surface area contributed by atoms with Gasteiger partial charge in [-0.2, -0.15) is 11.8 Å². The topological polar surface area (TPSA) is 71.2 Å². The molecule has 2 heterocycles. The van der Waals surface area contributed by atoms with Gasteiger partial charge in [-0.15, -0.1) is 0 Å². The van der Waals surface area contributed by atoms with Crippen LogP contribution in [0, 0.1) is 0 Å². The zero-order valence-corrected chi connectivity index (χ0v) is 14.0. The van der Waals surface area contributed by atoms with E-state index < -0.39 is 0 Å². The second-order valence-electron chi connectivity index (χ2n) is 6.45. The number of hydrazine groups is 1. The third kappa shape index (κ3) is 3.89. The van der Waals surface area contributed by atoms with E-state index >= 15 is 0 Å². The van der Waals surface area contributed by atoms with E-state index in [1.54, 1.807) is 6.07 Å². The Bertz CT molecular complexity index is 527. The van der Waals surface area contributed by atoms with E-state index in [1.807, 2.05) is 22.7 Å². The number of thioether (sulfide) groups is 1. The van der Waals surface area contributed by atoms with Crippen LogP contribution in [0.2, 0.25) is 0 Å². The highest BCUT2D eigenvalue weighted by atomic mass is 32.2. The van der Waals surface area contributed by atoms with Crippen molar-refractivity contribution in [2.45, 2.75) is 38.4 Å². The van der Waals surface area contributed by atoms with Crippen molar-refractivity contribution in [3.8, 4) is 0 Å². The van der Waals surface area contributed by atoms with Gasteiger partial charge in [-0.1, -0.05) is 27.7 Å². The molecule has 0 aliphatic carbocycles. The molecule has 1 atom stereocenters. The fraction of sp³-hybridized carbons (Fsp3) is 0.600. The number of carbonyl (C=O) groups excluding carboxylic acids is 1. The molecule has 0 bridgehead atoms. The zero-order chi connectivity index (χ0) is 15.6. The molecule has 1 saturated heterocycles. The Morgan fingerprint density at radius 1 is 1.48 bits per heavy atom. The Morgan fingerprint density at radius 2 is 2.19 bits per heavy atom. The van der Waals surface area contributed by atoms with Gasteiger partial charge in [0.1, 0.15) is 5.82 Å². The standard InChI is InChI=1S/C15H24N4OS/c1-10-9-19(5-6-21-10)14(20)11-7-12(15(2,3)4)17-13(8-11)18-16/h7-8,10H,5-6,9,16H2,1-4H3,(H,17,18). The molecule has 1 aromatic heterocycles. The van der Waals surface area contributed by atoms with Gasteiger partial charge < -0.3 is 10.3 Å². The van der Waals surface area contributed by atoms with Gasteiger partial charge in [-0.3, -0.25) is 4.79 Å². The Labute approximate surface area is 130 Å². The molecule has 1 aromatic rings. The summed E-state index contributed by atoms with van der Waals surface area (Å²) in [4.78, 5) is 19.1. The number of nitrogens with zero attached hydrogens (tertiary/aromatic N) is 2. The number of pyridine rings is 1. The number of hydrogen-bond acceptors (Lipinski definition) is 5. The normalized spacial score (nSPS) is 19.5. The second-order valence-corrected chi connectivity index (χ2v) is 8.00. The van der Waals surface area contributed by atoms with E-state index in [4.69, 9.17) is 5.84 Å². The van der Waals surface area contributed by atoms with E-state index in [1.165, 1.54) is 0 Å². The van der Waals surface area contributed by atoms with Crippen LogP contribution in [-0.4, -0.2) is 39.9 Å².